The highest BCUT2D eigenvalue weighted by molar-refractivity contribution is 5.14. The monoisotopic (exact) mass is 353 g/mol. The van der Waals surface area contributed by atoms with Gasteiger partial charge in [0.15, 0.2) is 0 Å². The van der Waals surface area contributed by atoms with Crippen LogP contribution in [-0.4, -0.2) is 50.7 Å². The maximum absolute atomic E-state index is 4.63. The van der Waals surface area contributed by atoms with Gasteiger partial charge >= 0.3 is 0 Å². The molecule has 0 aliphatic carbocycles. The van der Waals surface area contributed by atoms with Crippen LogP contribution in [0.25, 0.3) is 0 Å². The van der Waals surface area contributed by atoms with Crippen molar-refractivity contribution in [1.82, 2.24) is 24.6 Å². The Morgan fingerprint density at radius 2 is 1.58 bits per heavy atom. The van der Waals surface area contributed by atoms with Crippen LogP contribution in [0.15, 0.2) is 30.3 Å². The first kappa shape index (κ1) is 17.7. The van der Waals surface area contributed by atoms with Gasteiger partial charge in [0.2, 0.25) is 0 Å². The molecule has 2 aliphatic heterocycles. The molecule has 26 heavy (non-hydrogen) atoms. The van der Waals surface area contributed by atoms with Crippen LogP contribution in [-0.2, 0) is 19.6 Å². The first-order chi connectivity index (χ1) is 12.8. The number of nitrogens with zero attached hydrogens (tertiary/aromatic N) is 5. The Morgan fingerprint density at radius 3 is 2.27 bits per heavy atom. The molecule has 2 aromatic rings. The van der Waals surface area contributed by atoms with Gasteiger partial charge in [0, 0.05) is 19.0 Å². The van der Waals surface area contributed by atoms with Crippen molar-refractivity contribution in [1.29, 1.82) is 0 Å². The van der Waals surface area contributed by atoms with E-state index in [0.29, 0.717) is 5.92 Å². The van der Waals surface area contributed by atoms with E-state index in [2.05, 4.69) is 61.8 Å². The van der Waals surface area contributed by atoms with Gasteiger partial charge in [-0.15, -0.1) is 10.2 Å². The molecule has 0 atom stereocenters. The molecular formula is C21H31N5. The smallest absolute Gasteiger partial charge is 0.147 e. The molecule has 0 saturated carbocycles. The fourth-order valence-corrected chi connectivity index (χ4v) is 4.44. The number of hydrogen-bond acceptors (Lipinski definition) is 4. The van der Waals surface area contributed by atoms with Crippen LogP contribution in [0, 0.1) is 0 Å². The van der Waals surface area contributed by atoms with E-state index in [9.17, 15) is 0 Å². The maximum atomic E-state index is 4.63. The lowest BCUT2D eigenvalue weighted by Crippen LogP contribution is -2.33. The standard InChI is InChI=1S/C21H31N5/c1-2-26-20(17-24-12-6-7-13-24)22-23-21(26)19-10-14-25(15-11-19)16-18-8-4-3-5-9-18/h3-5,8-9,19H,2,6-7,10-17H2,1H3. The fraction of sp³-hybridized carbons (Fsp3) is 0.619. The minimum Gasteiger partial charge on any atom is -0.314 e. The molecule has 0 N–H and O–H groups in total. The van der Waals surface area contributed by atoms with Crippen molar-refractivity contribution in [2.75, 3.05) is 26.2 Å². The summed E-state index contributed by atoms with van der Waals surface area (Å²) in [5, 5.41) is 9.20. The predicted molar refractivity (Wildman–Crippen MR) is 104 cm³/mol. The van der Waals surface area contributed by atoms with Crippen LogP contribution in [0.5, 0.6) is 0 Å². The number of aromatic nitrogens is 3. The number of hydrogen-bond donors (Lipinski definition) is 0. The lowest BCUT2D eigenvalue weighted by atomic mass is 9.95. The van der Waals surface area contributed by atoms with E-state index in [1.165, 1.54) is 50.2 Å². The molecule has 0 spiro atoms. The molecule has 2 saturated heterocycles. The first-order valence-corrected chi connectivity index (χ1v) is 10.2. The molecule has 0 radical (unpaired) electrons. The van der Waals surface area contributed by atoms with Crippen molar-refractivity contribution in [2.24, 2.45) is 0 Å². The summed E-state index contributed by atoms with van der Waals surface area (Å²) < 4.78 is 2.38. The Kier molecular flexibility index (Phi) is 5.65. The quantitative estimate of drug-likeness (QED) is 0.799. The SMILES string of the molecule is CCn1c(CN2CCCC2)nnc1C1CCN(Cc2ccccc2)CC1. The normalized spacial score (nSPS) is 20.0. The highest BCUT2D eigenvalue weighted by Crippen LogP contribution is 2.28. The third-order valence-corrected chi connectivity index (χ3v) is 5.94. The van der Waals surface area contributed by atoms with Gasteiger partial charge in [0.05, 0.1) is 6.54 Å². The Morgan fingerprint density at radius 1 is 0.885 bits per heavy atom. The van der Waals surface area contributed by atoms with E-state index in [-0.39, 0.29) is 0 Å². The van der Waals surface area contributed by atoms with E-state index in [1.807, 2.05) is 0 Å². The van der Waals surface area contributed by atoms with E-state index in [4.69, 9.17) is 0 Å². The Labute approximate surface area is 157 Å². The second-order valence-electron chi connectivity index (χ2n) is 7.74. The van der Waals surface area contributed by atoms with Crippen LogP contribution in [0.4, 0.5) is 0 Å². The van der Waals surface area contributed by atoms with Gasteiger partial charge in [-0.2, -0.15) is 0 Å². The Bertz CT molecular complexity index is 682. The summed E-state index contributed by atoms with van der Waals surface area (Å²) in [5.74, 6) is 2.94. The second kappa shape index (κ2) is 8.31. The lowest BCUT2D eigenvalue weighted by Gasteiger charge is -2.31. The van der Waals surface area contributed by atoms with E-state index in [1.54, 1.807) is 0 Å². The summed E-state index contributed by atoms with van der Waals surface area (Å²) in [6.07, 6.45) is 5.03. The zero-order chi connectivity index (χ0) is 17.8. The lowest BCUT2D eigenvalue weighted by molar-refractivity contribution is 0.200. The summed E-state index contributed by atoms with van der Waals surface area (Å²) in [5.41, 5.74) is 1.41. The summed E-state index contributed by atoms with van der Waals surface area (Å²) in [6, 6.07) is 10.8. The largest absolute Gasteiger partial charge is 0.314 e. The molecule has 5 heteroatoms. The zero-order valence-electron chi connectivity index (χ0n) is 16.0. The van der Waals surface area contributed by atoms with Crippen LogP contribution < -0.4 is 0 Å². The molecule has 4 rings (SSSR count). The fourth-order valence-electron chi connectivity index (χ4n) is 4.44. The van der Waals surface area contributed by atoms with Crippen molar-refractivity contribution in [2.45, 2.75) is 58.2 Å². The van der Waals surface area contributed by atoms with Gasteiger partial charge < -0.3 is 4.57 Å². The summed E-state index contributed by atoms with van der Waals surface area (Å²) in [7, 11) is 0. The number of rotatable bonds is 6. The van der Waals surface area contributed by atoms with Crippen LogP contribution in [0.1, 0.15) is 55.7 Å². The topological polar surface area (TPSA) is 37.2 Å². The van der Waals surface area contributed by atoms with Crippen molar-refractivity contribution < 1.29 is 0 Å². The maximum Gasteiger partial charge on any atom is 0.147 e. The minimum absolute atomic E-state index is 0.557. The van der Waals surface area contributed by atoms with Gasteiger partial charge in [-0.3, -0.25) is 9.80 Å². The minimum atomic E-state index is 0.557. The van der Waals surface area contributed by atoms with Gasteiger partial charge in [-0.25, -0.2) is 0 Å². The molecule has 0 bridgehead atoms. The summed E-state index contributed by atoms with van der Waals surface area (Å²) in [4.78, 5) is 5.09. The van der Waals surface area contributed by atoms with Crippen LogP contribution >= 0.6 is 0 Å². The third kappa shape index (κ3) is 3.99. The Balaban J connectivity index is 1.37. The van der Waals surface area contributed by atoms with Crippen LogP contribution in [0.3, 0.4) is 0 Å². The third-order valence-electron chi connectivity index (χ3n) is 5.94. The first-order valence-electron chi connectivity index (χ1n) is 10.2. The number of piperidine rings is 1. The van der Waals surface area contributed by atoms with Crippen LogP contribution in [0.2, 0.25) is 0 Å². The predicted octanol–water partition coefficient (Wildman–Crippen LogP) is 3.27. The molecule has 0 amide bonds. The van der Waals surface area contributed by atoms with Gasteiger partial charge in [-0.1, -0.05) is 30.3 Å². The molecule has 140 valence electrons. The second-order valence-corrected chi connectivity index (χ2v) is 7.74. The van der Waals surface area contributed by atoms with Gasteiger partial charge in [0.25, 0.3) is 0 Å². The van der Waals surface area contributed by atoms with Crippen molar-refractivity contribution in [3.8, 4) is 0 Å². The molecule has 2 aliphatic rings. The van der Waals surface area contributed by atoms with Crippen molar-refractivity contribution in [3.05, 3.63) is 47.5 Å². The highest BCUT2D eigenvalue weighted by atomic mass is 15.3. The molecule has 1 aromatic heterocycles. The van der Waals surface area contributed by atoms with Crippen molar-refractivity contribution >= 4 is 0 Å². The molecule has 1 aromatic carbocycles. The molecule has 0 unspecified atom stereocenters. The molecule has 2 fully saturated rings. The average Bonchev–Trinajstić information content (AvgIpc) is 3.33. The molecular weight excluding hydrogens is 322 g/mol. The average molecular weight is 354 g/mol. The zero-order valence-corrected chi connectivity index (χ0v) is 16.0. The van der Waals surface area contributed by atoms with E-state index < -0.39 is 0 Å². The summed E-state index contributed by atoms with van der Waals surface area (Å²) >= 11 is 0. The summed E-state index contributed by atoms with van der Waals surface area (Å²) in [6.45, 7) is 9.96. The van der Waals surface area contributed by atoms with Gasteiger partial charge in [0.1, 0.15) is 11.6 Å². The van der Waals surface area contributed by atoms with Gasteiger partial charge in [-0.05, 0) is 64.3 Å². The van der Waals surface area contributed by atoms with Crippen molar-refractivity contribution in [3.63, 3.8) is 0 Å². The number of likely N-dealkylation sites (tertiary alicyclic amines) is 2. The Hall–Kier alpha value is -1.72. The highest BCUT2D eigenvalue weighted by Gasteiger charge is 2.26. The van der Waals surface area contributed by atoms with E-state index >= 15 is 0 Å². The van der Waals surface area contributed by atoms with E-state index in [0.717, 1.165) is 38.5 Å². The number of benzene rings is 1. The molecule has 5 nitrogen and oxygen atoms in total. The molecule has 3 heterocycles.